The number of rotatable bonds is 5. The fourth-order valence-electron chi connectivity index (χ4n) is 1.56. The molecule has 0 aliphatic heterocycles. The lowest BCUT2D eigenvalue weighted by Gasteiger charge is -2.09. The van der Waals surface area contributed by atoms with Crippen LogP contribution in [0.15, 0.2) is 16.6 Å². The van der Waals surface area contributed by atoms with Crippen LogP contribution in [0, 0.1) is 17.6 Å². The maximum Gasteiger partial charge on any atom is 0.238 e. The summed E-state index contributed by atoms with van der Waals surface area (Å²) in [7, 11) is 0. The van der Waals surface area contributed by atoms with E-state index in [4.69, 9.17) is 0 Å². The van der Waals surface area contributed by atoms with Gasteiger partial charge in [0.2, 0.25) is 5.91 Å². The summed E-state index contributed by atoms with van der Waals surface area (Å²) in [5.74, 6) is -1.16. The van der Waals surface area contributed by atoms with Gasteiger partial charge in [-0.05, 0) is 47.3 Å². The highest BCUT2D eigenvalue weighted by molar-refractivity contribution is 9.10. The number of hydrogen-bond acceptors (Lipinski definition) is 2. The normalized spacial score (nSPS) is 14.6. The highest BCUT2D eigenvalue weighted by atomic mass is 79.9. The van der Waals surface area contributed by atoms with Gasteiger partial charge < -0.3 is 10.6 Å². The van der Waals surface area contributed by atoms with Crippen LogP contribution in [0.5, 0.6) is 0 Å². The van der Waals surface area contributed by atoms with Crippen LogP contribution in [0.4, 0.5) is 14.5 Å². The van der Waals surface area contributed by atoms with Crippen LogP contribution in [-0.4, -0.2) is 19.0 Å². The molecule has 18 heavy (non-hydrogen) atoms. The summed E-state index contributed by atoms with van der Waals surface area (Å²) < 4.78 is 26.5. The Morgan fingerprint density at radius 3 is 2.72 bits per heavy atom. The van der Waals surface area contributed by atoms with Gasteiger partial charge in [-0.3, -0.25) is 4.79 Å². The van der Waals surface area contributed by atoms with Gasteiger partial charge in [0, 0.05) is 10.5 Å². The molecule has 3 nitrogen and oxygen atoms in total. The van der Waals surface area contributed by atoms with Gasteiger partial charge in [0.05, 0.1) is 12.2 Å². The third kappa shape index (κ3) is 3.74. The molecule has 6 heteroatoms. The fraction of sp³-hybridized carbons (Fsp3) is 0.417. The summed E-state index contributed by atoms with van der Waals surface area (Å²) in [6.07, 6.45) is 2.40. The van der Waals surface area contributed by atoms with E-state index >= 15 is 0 Å². The van der Waals surface area contributed by atoms with Gasteiger partial charge in [-0.15, -0.1) is 0 Å². The van der Waals surface area contributed by atoms with Crippen LogP contribution >= 0.6 is 15.9 Å². The van der Waals surface area contributed by atoms with Crippen molar-refractivity contribution >= 4 is 27.5 Å². The first-order valence-electron chi connectivity index (χ1n) is 5.71. The molecule has 1 aromatic carbocycles. The molecule has 1 fully saturated rings. The fourth-order valence-corrected chi connectivity index (χ4v) is 2.06. The number of benzene rings is 1. The van der Waals surface area contributed by atoms with Crippen LogP contribution in [0.2, 0.25) is 0 Å². The van der Waals surface area contributed by atoms with Gasteiger partial charge in [0.25, 0.3) is 0 Å². The lowest BCUT2D eigenvalue weighted by molar-refractivity contribution is -0.115. The van der Waals surface area contributed by atoms with Crippen LogP contribution in [0.1, 0.15) is 12.8 Å². The minimum atomic E-state index is -0.794. The first-order chi connectivity index (χ1) is 8.56. The van der Waals surface area contributed by atoms with E-state index in [1.54, 1.807) is 0 Å². The number of carbonyl (C=O) groups excluding carboxylic acids is 1. The second-order valence-corrected chi connectivity index (χ2v) is 5.22. The van der Waals surface area contributed by atoms with Gasteiger partial charge >= 0.3 is 0 Å². The number of nitrogens with one attached hydrogen (secondary N) is 2. The van der Waals surface area contributed by atoms with Gasteiger partial charge in [-0.2, -0.15) is 0 Å². The van der Waals surface area contributed by atoms with Crippen molar-refractivity contribution in [3.8, 4) is 0 Å². The largest absolute Gasteiger partial charge is 0.322 e. The molecule has 0 aromatic heterocycles. The molecule has 2 rings (SSSR count). The van der Waals surface area contributed by atoms with Crippen molar-refractivity contribution in [2.75, 3.05) is 18.4 Å². The Morgan fingerprint density at radius 1 is 1.39 bits per heavy atom. The Kier molecular flexibility index (Phi) is 4.29. The van der Waals surface area contributed by atoms with E-state index < -0.39 is 11.6 Å². The maximum atomic E-state index is 13.4. The predicted molar refractivity (Wildman–Crippen MR) is 68.3 cm³/mol. The number of carbonyl (C=O) groups is 1. The third-order valence-corrected chi connectivity index (χ3v) is 3.31. The maximum absolute atomic E-state index is 13.4. The van der Waals surface area contributed by atoms with E-state index in [0.29, 0.717) is 5.92 Å². The molecule has 1 saturated carbocycles. The van der Waals surface area contributed by atoms with Gasteiger partial charge in [-0.25, -0.2) is 8.78 Å². The van der Waals surface area contributed by atoms with Crippen molar-refractivity contribution in [1.82, 2.24) is 5.32 Å². The van der Waals surface area contributed by atoms with E-state index in [2.05, 4.69) is 26.6 Å². The lowest BCUT2D eigenvalue weighted by Crippen LogP contribution is -2.29. The van der Waals surface area contributed by atoms with E-state index in [9.17, 15) is 13.6 Å². The molecule has 0 unspecified atom stereocenters. The number of hydrogen-bond donors (Lipinski definition) is 2. The molecular weight excluding hydrogens is 306 g/mol. The van der Waals surface area contributed by atoms with Gasteiger partial charge in [-0.1, -0.05) is 0 Å². The molecule has 0 bridgehead atoms. The standard InChI is InChI=1S/C12H13BrF2N2O/c13-9-3-8(14)4-10(15)12(9)17-11(18)6-16-5-7-1-2-7/h3-4,7,16H,1-2,5-6H2,(H,17,18). The third-order valence-electron chi connectivity index (χ3n) is 2.69. The molecule has 0 spiro atoms. The highest BCUT2D eigenvalue weighted by Gasteiger charge is 2.20. The molecule has 1 aliphatic rings. The Morgan fingerprint density at radius 2 is 2.11 bits per heavy atom. The zero-order valence-corrected chi connectivity index (χ0v) is 11.2. The molecule has 0 radical (unpaired) electrons. The molecule has 98 valence electrons. The van der Waals surface area contributed by atoms with Crippen molar-refractivity contribution in [1.29, 1.82) is 0 Å². The summed E-state index contributed by atoms with van der Waals surface area (Å²) in [4.78, 5) is 11.5. The molecule has 1 aromatic rings. The monoisotopic (exact) mass is 318 g/mol. The van der Waals surface area contributed by atoms with Crippen molar-refractivity contribution in [3.05, 3.63) is 28.2 Å². The molecular formula is C12H13BrF2N2O. The molecule has 2 N–H and O–H groups in total. The van der Waals surface area contributed by atoms with Crippen LogP contribution < -0.4 is 10.6 Å². The Balaban J connectivity index is 1.89. The Labute approximate surface area is 112 Å². The summed E-state index contributed by atoms with van der Waals surface area (Å²) in [6, 6.07) is 1.84. The average Bonchev–Trinajstić information content (AvgIpc) is 3.07. The Hall–Kier alpha value is -1.01. The quantitative estimate of drug-likeness (QED) is 0.876. The Bertz CT molecular complexity index is 440. The molecule has 1 aliphatic carbocycles. The van der Waals surface area contributed by atoms with Gasteiger partial charge in [0.1, 0.15) is 5.82 Å². The number of amides is 1. The van der Waals surface area contributed by atoms with Crippen LogP contribution in [-0.2, 0) is 4.79 Å². The van der Waals surface area contributed by atoms with Crippen LogP contribution in [0.3, 0.4) is 0 Å². The second-order valence-electron chi connectivity index (χ2n) is 4.37. The number of anilines is 1. The summed E-state index contributed by atoms with van der Waals surface area (Å²) in [5.41, 5.74) is -0.0328. The van der Waals surface area contributed by atoms with Crippen molar-refractivity contribution in [2.45, 2.75) is 12.8 Å². The zero-order valence-electron chi connectivity index (χ0n) is 9.60. The smallest absolute Gasteiger partial charge is 0.238 e. The number of halogens is 3. The van der Waals surface area contributed by atoms with E-state index in [-0.39, 0.29) is 22.6 Å². The highest BCUT2D eigenvalue weighted by Crippen LogP contribution is 2.28. The first-order valence-corrected chi connectivity index (χ1v) is 6.50. The topological polar surface area (TPSA) is 41.1 Å². The van der Waals surface area contributed by atoms with Crippen LogP contribution in [0.25, 0.3) is 0 Å². The summed E-state index contributed by atoms with van der Waals surface area (Å²) in [6.45, 7) is 0.931. The lowest BCUT2D eigenvalue weighted by atomic mass is 10.3. The van der Waals surface area contributed by atoms with E-state index in [1.807, 2.05) is 0 Å². The first kappa shape index (κ1) is 13.4. The molecule has 1 amide bonds. The van der Waals surface area contributed by atoms with E-state index in [1.165, 1.54) is 12.8 Å². The van der Waals surface area contributed by atoms with Gasteiger partial charge in [0.15, 0.2) is 5.82 Å². The molecule has 0 heterocycles. The zero-order chi connectivity index (χ0) is 13.1. The van der Waals surface area contributed by atoms with E-state index in [0.717, 1.165) is 18.7 Å². The predicted octanol–water partition coefficient (Wildman–Crippen LogP) is 2.67. The van der Waals surface area contributed by atoms with Crippen molar-refractivity contribution in [3.63, 3.8) is 0 Å². The average molecular weight is 319 g/mol. The van der Waals surface area contributed by atoms with Crippen molar-refractivity contribution < 1.29 is 13.6 Å². The second kappa shape index (κ2) is 5.75. The minimum absolute atomic E-state index is 0.0328. The summed E-state index contributed by atoms with van der Waals surface area (Å²) in [5, 5.41) is 5.40. The SMILES string of the molecule is O=C(CNCC1CC1)Nc1c(F)cc(F)cc1Br. The molecule has 0 saturated heterocycles. The van der Waals surface area contributed by atoms with Crippen molar-refractivity contribution in [2.24, 2.45) is 5.92 Å². The minimum Gasteiger partial charge on any atom is -0.322 e. The molecule has 0 atom stereocenters. The summed E-state index contributed by atoms with van der Waals surface area (Å²) >= 11 is 3.01.